The second kappa shape index (κ2) is 6.30. The maximum absolute atomic E-state index is 11.1. The van der Waals surface area contributed by atoms with Crippen LogP contribution in [0, 0.1) is 10.1 Å². The van der Waals surface area contributed by atoms with Crippen molar-refractivity contribution in [3.05, 3.63) is 39.9 Å². The summed E-state index contributed by atoms with van der Waals surface area (Å²) in [6.45, 7) is -0.160. The fourth-order valence-corrected chi connectivity index (χ4v) is 2.63. The van der Waals surface area contributed by atoms with E-state index in [0.717, 1.165) is 12.8 Å². The highest BCUT2D eigenvalue weighted by Gasteiger charge is 2.36. The molecule has 2 rings (SSSR count). The highest BCUT2D eigenvalue weighted by Crippen LogP contribution is 2.38. The number of hydrogen-bond acceptors (Lipinski definition) is 5. The predicted molar refractivity (Wildman–Crippen MR) is 72.0 cm³/mol. The summed E-state index contributed by atoms with van der Waals surface area (Å²) < 4.78 is 5.71. The molecule has 0 aliphatic heterocycles. The molecule has 1 saturated carbocycles. The summed E-state index contributed by atoms with van der Waals surface area (Å²) in [5, 5.41) is 30.5. The molecule has 0 amide bonds. The third-order valence-corrected chi connectivity index (χ3v) is 3.62. The van der Waals surface area contributed by atoms with E-state index in [-0.39, 0.29) is 18.7 Å². The van der Waals surface area contributed by atoms with Crippen LogP contribution >= 0.6 is 0 Å². The molecule has 0 aromatic heterocycles. The number of nitrogens with zero attached hydrogens (tertiary/aromatic N) is 1. The molecule has 0 saturated heterocycles. The van der Waals surface area contributed by atoms with E-state index in [2.05, 4.69) is 0 Å². The Bertz CT molecular complexity index is 470. The minimum atomic E-state index is -1.23. The molecule has 1 aromatic rings. The number of nitro groups is 1. The first-order valence-electron chi connectivity index (χ1n) is 6.80. The monoisotopic (exact) mass is 281 g/mol. The number of para-hydroxylation sites is 1. The van der Waals surface area contributed by atoms with Crippen molar-refractivity contribution in [2.45, 2.75) is 44.0 Å². The fourth-order valence-electron chi connectivity index (χ4n) is 2.63. The van der Waals surface area contributed by atoms with E-state index in [0.29, 0.717) is 18.4 Å². The van der Waals surface area contributed by atoms with Gasteiger partial charge in [0, 0.05) is 31.9 Å². The van der Waals surface area contributed by atoms with Crippen molar-refractivity contribution < 1.29 is 19.9 Å². The van der Waals surface area contributed by atoms with Gasteiger partial charge in [-0.15, -0.1) is 0 Å². The lowest BCUT2D eigenvalue weighted by Crippen LogP contribution is -2.31. The Morgan fingerprint density at radius 1 is 1.35 bits per heavy atom. The second-order valence-corrected chi connectivity index (χ2v) is 5.09. The Morgan fingerprint density at radius 3 is 2.60 bits per heavy atom. The van der Waals surface area contributed by atoms with Crippen LogP contribution < -0.4 is 0 Å². The SMILES string of the molecule is O=[N+]([O-])c1ccccc1[C@@H](CCO)OC1(O)CCCC1. The van der Waals surface area contributed by atoms with Gasteiger partial charge in [-0.3, -0.25) is 10.1 Å². The van der Waals surface area contributed by atoms with Crippen molar-refractivity contribution in [3.63, 3.8) is 0 Å². The minimum Gasteiger partial charge on any atom is -0.396 e. The first-order chi connectivity index (χ1) is 9.56. The molecule has 20 heavy (non-hydrogen) atoms. The molecule has 1 aliphatic carbocycles. The van der Waals surface area contributed by atoms with Crippen molar-refractivity contribution in [1.29, 1.82) is 0 Å². The number of hydrogen-bond donors (Lipinski definition) is 2. The van der Waals surface area contributed by atoms with E-state index < -0.39 is 16.8 Å². The largest absolute Gasteiger partial charge is 0.396 e. The summed E-state index contributed by atoms with van der Waals surface area (Å²) in [5.41, 5.74) is 0.347. The molecule has 1 fully saturated rings. The van der Waals surface area contributed by atoms with Gasteiger partial charge in [-0.25, -0.2) is 0 Å². The quantitative estimate of drug-likeness (QED) is 0.474. The third-order valence-electron chi connectivity index (χ3n) is 3.62. The number of benzene rings is 1. The molecule has 1 atom stereocenters. The molecule has 2 N–H and O–H groups in total. The van der Waals surface area contributed by atoms with Gasteiger partial charge in [0.2, 0.25) is 0 Å². The lowest BCUT2D eigenvalue weighted by atomic mass is 10.0. The maximum Gasteiger partial charge on any atom is 0.275 e. The Labute approximate surface area is 117 Å². The first-order valence-corrected chi connectivity index (χ1v) is 6.80. The average Bonchev–Trinajstić information content (AvgIpc) is 2.85. The summed E-state index contributed by atoms with van der Waals surface area (Å²) in [7, 11) is 0. The van der Waals surface area contributed by atoms with Gasteiger partial charge in [0.25, 0.3) is 5.69 Å². The van der Waals surface area contributed by atoms with Gasteiger partial charge >= 0.3 is 0 Å². The topological polar surface area (TPSA) is 92.8 Å². The Balaban J connectivity index is 2.26. The molecule has 1 aromatic carbocycles. The van der Waals surface area contributed by atoms with Crippen LogP contribution in [0.4, 0.5) is 5.69 Å². The summed E-state index contributed by atoms with van der Waals surface area (Å²) in [6, 6.07) is 6.29. The first kappa shape index (κ1) is 14.9. The van der Waals surface area contributed by atoms with Gasteiger partial charge < -0.3 is 14.9 Å². The van der Waals surface area contributed by atoms with Crippen LogP contribution in [-0.2, 0) is 4.74 Å². The Morgan fingerprint density at radius 2 is 2.00 bits per heavy atom. The molecule has 6 heteroatoms. The van der Waals surface area contributed by atoms with E-state index in [4.69, 9.17) is 9.84 Å². The minimum absolute atomic E-state index is 0.0486. The Hall–Kier alpha value is -1.50. The van der Waals surface area contributed by atoms with Crippen LogP contribution in [0.2, 0.25) is 0 Å². The van der Waals surface area contributed by atoms with Crippen LogP contribution in [0.15, 0.2) is 24.3 Å². The molecule has 1 aliphatic rings. The summed E-state index contributed by atoms with van der Waals surface area (Å²) >= 11 is 0. The smallest absolute Gasteiger partial charge is 0.275 e. The summed E-state index contributed by atoms with van der Waals surface area (Å²) in [5.74, 6) is -1.23. The van der Waals surface area contributed by atoms with E-state index in [1.54, 1.807) is 18.2 Å². The van der Waals surface area contributed by atoms with Crippen LogP contribution in [0.25, 0.3) is 0 Å². The zero-order valence-electron chi connectivity index (χ0n) is 11.2. The molecule has 6 nitrogen and oxygen atoms in total. The standard InChI is InChI=1S/C14H19NO5/c16-10-7-13(20-14(17)8-3-4-9-14)11-5-1-2-6-12(11)15(18)19/h1-2,5-6,13,16-17H,3-4,7-10H2/t13-/m1/s1. The fraction of sp³-hybridized carbons (Fsp3) is 0.571. The van der Waals surface area contributed by atoms with Crippen LogP contribution in [0.3, 0.4) is 0 Å². The number of ether oxygens (including phenoxy) is 1. The number of aliphatic hydroxyl groups excluding tert-OH is 1. The van der Waals surface area contributed by atoms with Gasteiger partial charge in [-0.1, -0.05) is 12.1 Å². The van der Waals surface area contributed by atoms with Gasteiger partial charge in [-0.2, -0.15) is 0 Å². The van der Waals surface area contributed by atoms with Crippen molar-refractivity contribution >= 4 is 5.69 Å². The molecule has 0 radical (unpaired) electrons. The van der Waals surface area contributed by atoms with Gasteiger partial charge in [0.1, 0.15) is 0 Å². The van der Waals surface area contributed by atoms with Crippen molar-refractivity contribution in [2.24, 2.45) is 0 Å². The molecule has 0 spiro atoms. The van der Waals surface area contributed by atoms with Crippen molar-refractivity contribution in [1.82, 2.24) is 0 Å². The van der Waals surface area contributed by atoms with Crippen molar-refractivity contribution in [3.8, 4) is 0 Å². The third kappa shape index (κ3) is 3.33. The normalized spacial score (nSPS) is 18.9. The summed E-state index contributed by atoms with van der Waals surface area (Å²) in [4.78, 5) is 10.6. The van der Waals surface area contributed by atoms with Gasteiger partial charge in [-0.05, 0) is 18.9 Å². The molecule has 0 heterocycles. The zero-order chi connectivity index (χ0) is 14.6. The number of nitro benzene ring substituents is 1. The molecular formula is C14H19NO5. The molecule has 0 bridgehead atoms. The molecular weight excluding hydrogens is 262 g/mol. The number of rotatable bonds is 6. The highest BCUT2D eigenvalue weighted by molar-refractivity contribution is 5.41. The highest BCUT2D eigenvalue weighted by atomic mass is 16.6. The van der Waals surface area contributed by atoms with Crippen molar-refractivity contribution in [2.75, 3.05) is 6.61 Å². The maximum atomic E-state index is 11.1. The van der Waals surface area contributed by atoms with E-state index in [9.17, 15) is 15.2 Å². The lowest BCUT2D eigenvalue weighted by Gasteiger charge is -2.29. The average molecular weight is 281 g/mol. The van der Waals surface area contributed by atoms with Crippen LogP contribution in [-0.4, -0.2) is 27.5 Å². The molecule has 0 unspecified atom stereocenters. The number of aliphatic hydroxyl groups is 2. The van der Waals surface area contributed by atoms with Gasteiger partial charge in [0.15, 0.2) is 5.79 Å². The van der Waals surface area contributed by atoms with Gasteiger partial charge in [0.05, 0.1) is 16.6 Å². The second-order valence-electron chi connectivity index (χ2n) is 5.09. The zero-order valence-corrected chi connectivity index (χ0v) is 11.2. The molecule has 110 valence electrons. The lowest BCUT2D eigenvalue weighted by molar-refractivity contribution is -0.386. The van der Waals surface area contributed by atoms with Crippen LogP contribution in [0.1, 0.15) is 43.8 Å². The summed E-state index contributed by atoms with van der Waals surface area (Å²) in [6.07, 6.45) is 2.33. The van der Waals surface area contributed by atoms with E-state index in [1.165, 1.54) is 6.07 Å². The predicted octanol–water partition coefficient (Wildman–Crippen LogP) is 2.30. The van der Waals surface area contributed by atoms with E-state index in [1.807, 2.05) is 0 Å². The van der Waals surface area contributed by atoms with Crippen LogP contribution in [0.5, 0.6) is 0 Å². The van der Waals surface area contributed by atoms with E-state index >= 15 is 0 Å². The Kier molecular flexibility index (Phi) is 4.69.